The lowest BCUT2D eigenvalue weighted by Crippen LogP contribution is -2.45. The van der Waals surface area contributed by atoms with E-state index in [0.29, 0.717) is 19.7 Å². The van der Waals surface area contributed by atoms with Crippen molar-refractivity contribution in [3.8, 4) is 0 Å². The molecule has 1 aromatic rings. The van der Waals surface area contributed by atoms with Crippen LogP contribution < -0.4 is 5.32 Å². The number of nitrogens with zero attached hydrogens (tertiary/aromatic N) is 1. The summed E-state index contributed by atoms with van der Waals surface area (Å²) in [6.45, 7) is 10.7. The minimum atomic E-state index is -0.708. The Hall–Kier alpha value is -1.51. The Morgan fingerprint density at radius 2 is 1.89 bits per heavy atom. The maximum atomic E-state index is 12.3. The third-order valence-corrected chi connectivity index (χ3v) is 5.13. The summed E-state index contributed by atoms with van der Waals surface area (Å²) < 4.78 is 24.1. The smallest absolute Gasteiger partial charge is 0.234 e. The summed E-state index contributed by atoms with van der Waals surface area (Å²) in [5.41, 5.74) is 1.08. The van der Waals surface area contributed by atoms with Crippen LogP contribution in [0.15, 0.2) is 30.3 Å². The zero-order valence-electron chi connectivity index (χ0n) is 17.2. The molecule has 2 saturated heterocycles. The van der Waals surface area contributed by atoms with Gasteiger partial charge in [-0.3, -0.25) is 9.69 Å². The first-order valence-corrected chi connectivity index (χ1v) is 10.1. The van der Waals surface area contributed by atoms with Gasteiger partial charge in [-0.25, -0.2) is 0 Å². The van der Waals surface area contributed by atoms with Crippen molar-refractivity contribution in [2.75, 3.05) is 26.2 Å². The number of amides is 1. The molecule has 156 valence electrons. The molecule has 2 aliphatic heterocycles. The van der Waals surface area contributed by atoms with Crippen LogP contribution in [0.3, 0.4) is 0 Å². The summed E-state index contributed by atoms with van der Waals surface area (Å²) >= 11 is 0. The highest BCUT2D eigenvalue weighted by Gasteiger charge is 2.55. The summed E-state index contributed by atoms with van der Waals surface area (Å²) in [5.74, 6) is -0.728. The number of carbonyl (C=O) groups excluding carboxylic acids is 1. The molecule has 28 heavy (non-hydrogen) atoms. The lowest BCUT2D eigenvalue weighted by atomic mass is 10.1. The highest BCUT2D eigenvalue weighted by atomic mass is 16.8. The van der Waals surface area contributed by atoms with Gasteiger partial charge in [0, 0.05) is 6.54 Å². The Balaban J connectivity index is 1.59. The first kappa shape index (κ1) is 21.2. The second kappa shape index (κ2) is 9.33. The summed E-state index contributed by atoms with van der Waals surface area (Å²) in [6.07, 6.45) is -1.44. The first-order valence-electron chi connectivity index (χ1n) is 10.1. The van der Waals surface area contributed by atoms with Crippen LogP contribution in [-0.2, 0) is 30.3 Å². The molecule has 3 rings (SSSR count). The number of nitrogens with one attached hydrogen (secondary N) is 1. The number of fused-ring (bicyclic) bond motifs is 1. The molecule has 7 nitrogen and oxygen atoms in total. The van der Waals surface area contributed by atoms with E-state index in [1.165, 1.54) is 0 Å². The van der Waals surface area contributed by atoms with Gasteiger partial charge in [-0.1, -0.05) is 44.2 Å². The van der Waals surface area contributed by atoms with E-state index >= 15 is 0 Å². The Morgan fingerprint density at radius 3 is 2.57 bits per heavy atom. The topological polar surface area (TPSA) is 69.3 Å². The van der Waals surface area contributed by atoms with Gasteiger partial charge in [0.2, 0.25) is 5.91 Å². The summed E-state index contributed by atoms with van der Waals surface area (Å²) in [4.78, 5) is 14.3. The van der Waals surface area contributed by atoms with E-state index in [1.54, 1.807) is 0 Å². The van der Waals surface area contributed by atoms with Crippen LogP contribution in [0.5, 0.6) is 0 Å². The van der Waals surface area contributed by atoms with Gasteiger partial charge < -0.3 is 24.3 Å². The molecule has 1 aromatic carbocycles. The Morgan fingerprint density at radius 1 is 1.18 bits per heavy atom. The van der Waals surface area contributed by atoms with Gasteiger partial charge in [0.05, 0.1) is 13.2 Å². The van der Waals surface area contributed by atoms with Gasteiger partial charge in [0.15, 0.2) is 12.1 Å². The Bertz CT molecular complexity index is 635. The number of carbonyl (C=O) groups is 1. The predicted molar refractivity (Wildman–Crippen MR) is 105 cm³/mol. The molecule has 4 atom stereocenters. The monoisotopic (exact) mass is 392 g/mol. The second-order valence-electron chi connectivity index (χ2n) is 7.67. The average molecular weight is 392 g/mol. The third kappa shape index (κ3) is 5.30. The molecule has 0 saturated carbocycles. The van der Waals surface area contributed by atoms with Crippen LogP contribution >= 0.6 is 0 Å². The maximum absolute atomic E-state index is 12.3. The molecular formula is C21H32N2O5. The Labute approximate surface area is 167 Å². The van der Waals surface area contributed by atoms with Gasteiger partial charge >= 0.3 is 0 Å². The second-order valence-corrected chi connectivity index (χ2v) is 7.67. The van der Waals surface area contributed by atoms with E-state index in [4.69, 9.17) is 18.9 Å². The van der Waals surface area contributed by atoms with Crippen molar-refractivity contribution < 1.29 is 23.7 Å². The third-order valence-electron chi connectivity index (χ3n) is 5.13. The van der Waals surface area contributed by atoms with E-state index in [9.17, 15) is 4.79 Å². The highest BCUT2D eigenvalue weighted by Crippen LogP contribution is 2.38. The van der Waals surface area contributed by atoms with Crippen LogP contribution in [0.4, 0.5) is 0 Å². The predicted octanol–water partition coefficient (Wildman–Crippen LogP) is 1.91. The van der Waals surface area contributed by atoms with Crippen molar-refractivity contribution in [2.24, 2.45) is 0 Å². The average Bonchev–Trinajstić information content (AvgIpc) is 3.14. The molecule has 1 N–H and O–H groups in total. The molecule has 2 heterocycles. The lowest BCUT2D eigenvalue weighted by Gasteiger charge is -2.26. The quantitative estimate of drug-likeness (QED) is 0.692. The van der Waals surface area contributed by atoms with Gasteiger partial charge in [0.25, 0.3) is 0 Å². The zero-order chi connectivity index (χ0) is 20.1. The van der Waals surface area contributed by atoms with E-state index in [-0.39, 0.29) is 24.2 Å². The fourth-order valence-corrected chi connectivity index (χ4v) is 3.60. The highest BCUT2D eigenvalue weighted by molar-refractivity contribution is 5.78. The van der Waals surface area contributed by atoms with E-state index in [2.05, 4.69) is 10.2 Å². The summed E-state index contributed by atoms with van der Waals surface area (Å²) in [5, 5.41) is 2.97. The van der Waals surface area contributed by atoms with Crippen molar-refractivity contribution in [2.45, 2.75) is 64.7 Å². The number of benzene rings is 1. The fraction of sp³-hybridized carbons (Fsp3) is 0.667. The van der Waals surface area contributed by atoms with E-state index < -0.39 is 12.1 Å². The molecule has 0 bridgehead atoms. The SMILES string of the molecule is CCN(CC)CC(=O)NCC1OC2OC(C)(C)OC2C1OCc1ccccc1. The van der Waals surface area contributed by atoms with Gasteiger partial charge in [-0.2, -0.15) is 0 Å². The summed E-state index contributed by atoms with van der Waals surface area (Å²) in [7, 11) is 0. The van der Waals surface area contributed by atoms with Gasteiger partial charge in [-0.15, -0.1) is 0 Å². The molecule has 4 unspecified atom stereocenters. The summed E-state index contributed by atoms with van der Waals surface area (Å²) in [6, 6.07) is 9.97. The van der Waals surface area contributed by atoms with Crippen molar-refractivity contribution in [1.82, 2.24) is 10.2 Å². The molecule has 2 aliphatic rings. The number of hydrogen-bond donors (Lipinski definition) is 1. The van der Waals surface area contributed by atoms with Crippen LogP contribution in [-0.4, -0.2) is 67.4 Å². The van der Waals surface area contributed by atoms with E-state index in [0.717, 1.165) is 18.7 Å². The molecule has 0 radical (unpaired) electrons. The number of hydrogen-bond acceptors (Lipinski definition) is 6. The van der Waals surface area contributed by atoms with E-state index in [1.807, 2.05) is 58.0 Å². The number of rotatable bonds is 9. The number of likely N-dealkylation sites (N-methyl/N-ethyl adjacent to an activating group) is 1. The van der Waals surface area contributed by atoms with Crippen LogP contribution in [0, 0.1) is 0 Å². The molecule has 0 spiro atoms. The van der Waals surface area contributed by atoms with Gasteiger partial charge in [-0.05, 0) is 32.5 Å². The van der Waals surface area contributed by atoms with Crippen LogP contribution in [0.25, 0.3) is 0 Å². The molecule has 7 heteroatoms. The molecule has 0 aromatic heterocycles. The number of ether oxygens (including phenoxy) is 4. The molecule has 1 amide bonds. The molecular weight excluding hydrogens is 360 g/mol. The lowest BCUT2D eigenvalue weighted by molar-refractivity contribution is -0.218. The first-order chi connectivity index (χ1) is 13.4. The Kier molecular flexibility index (Phi) is 7.06. The van der Waals surface area contributed by atoms with Crippen molar-refractivity contribution in [1.29, 1.82) is 0 Å². The van der Waals surface area contributed by atoms with Crippen molar-refractivity contribution in [3.05, 3.63) is 35.9 Å². The van der Waals surface area contributed by atoms with Crippen molar-refractivity contribution >= 4 is 5.91 Å². The van der Waals surface area contributed by atoms with Crippen molar-refractivity contribution in [3.63, 3.8) is 0 Å². The normalized spacial score (nSPS) is 28.5. The van der Waals surface area contributed by atoms with Crippen LogP contribution in [0.2, 0.25) is 0 Å². The van der Waals surface area contributed by atoms with Crippen LogP contribution in [0.1, 0.15) is 33.3 Å². The zero-order valence-corrected chi connectivity index (χ0v) is 17.2. The maximum Gasteiger partial charge on any atom is 0.234 e. The minimum absolute atomic E-state index is 0.0201. The molecule has 2 fully saturated rings. The largest absolute Gasteiger partial charge is 0.368 e. The fourth-order valence-electron chi connectivity index (χ4n) is 3.60. The standard InChI is InChI=1S/C21H32N2O5/c1-5-23(6-2)13-17(24)22-12-16-18(25-14-15-10-8-7-9-11-15)19-20(26-16)28-21(3,4)27-19/h7-11,16,18-20H,5-6,12-14H2,1-4H3,(H,22,24). The van der Waals surface area contributed by atoms with Gasteiger partial charge in [0.1, 0.15) is 18.3 Å². The molecule has 0 aliphatic carbocycles. The minimum Gasteiger partial charge on any atom is -0.368 e.